The summed E-state index contributed by atoms with van der Waals surface area (Å²) in [6.45, 7) is 0.233. The third-order valence-corrected chi connectivity index (χ3v) is 3.59. The van der Waals surface area contributed by atoms with Crippen LogP contribution in [0.1, 0.15) is 6.92 Å². The molecular formula is C10H8ClF4NO4S. The Morgan fingerprint density at radius 2 is 1.86 bits per heavy atom. The van der Waals surface area contributed by atoms with E-state index in [1.165, 1.54) is 0 Å². The number of aliphatic hydroxyl groups is 1. The van der Waals surface area contributed by atoms with Gasteiger partial charge in [-0.3, -0.25) is 4.79 Å². The largest absolute Gasteiger partial charge is 0.426 e. The summed E-state index contributed by atoms with van der Waals surface area (Å²) < 4.78 is 71.2. The average Bonchev–Trinajstić information content (AvgIpc) is 2.28. The number of halogens is 5. The molecule has 1 rings (SSSR count). The normalized spacial score (nSPS) is 15.4. The molecule has 1 aromatic carbocycles. The van der Waals surface area contributed by atoms with Gasteiger partial charge in [0.25, 0.3) is 5.91 Å². The van der Waals surface area contributed by atoms with Crippen molar-refractivity contribution >= 4 is 33.4 Å². The smallest absolute Gasteiger partial charge is 0.373 e. The minimum atomic E-state index is -5.23. The van der Waals surface area contributed by atoms with Crippen LogP contribution in [-0.4, -0.2) is 31.2 Å². The lowest BCUT2D eigenvalue weighted by Gasteiger charge is -2.25. The van der Waals surface area contributed by atoms with Gasteiger partial charge in [0.05, 0.1) is 10.7 Å². The van der Waals surface area contributed by atoms with Crippen LogP contribution in [0.4, 0.5) is 22.7 Å². The Kier molecular flexibility index (Phi) is 4.56. The minimum absolute atomic E-state index is 0.233. The van der Waals surface area contributed by atoms with Crippen molar-refractivity contribution in [1.82, 2.24) is 0 Å². The zero-order valence-corrected chi connectivity index (χ0v) is 11.8. The van der Waals surface area contributed by atoms with Crippen molar-refractivity contribution < 1.29 is 35.4 Å². The number of carbonyl (C=O) groups excluding carboxylic acids is 1. The van der Waals surface area contributed by atoms with Gasteiger partial charge in [0.15, 0.2) is 0 Å². The second kappa shape index (κ2) is 5.43. The van der Waals surface area contributed by atoms with E-state index in [9.17, 15) is 30.3 Å². The Labute approximate surface area is 121 Å². The van der Waals surface area contributed by atoms with Gasteiger partial charge in [-0.2, -0.15) is 21.6 Å². The highest BCUT2D eigenvalue weighted by atomic mass is 35.5. The van der Waals surface area contributed by atoms with Gasteiger partial charge in [-0.1, -0.05) is 11.6 Å². The van der Waals surface area contributed by atoms with E-state index in [-0.39, 0.29) is 6.92 Å². The Bertz CT molecular complexity index is 672. The van der Waals surface area contributed by atoms with Crippen LogP contribution in [0.2, 0.25) is 5.02 Å². The Balaban J connectivity index is 3.08. The van der Waals surface area contributed by atoms with E-state index in [1.807, 2.05) is 0 Å². The molecule has 1 unspecified atom stereocenters. The Morgan fingerprint density at radius 3 is 2.24 bits per heavy atom. The molecule has 0 bridgehead atoms. The summed E-state index contributed by atoms with van der Waals surface area (Å²) in [4.78, 5) is 10.6. The molecule has 118 valence electrons. The summed E-state index contributed by atoms with van der Waals surface area (Å²) in [5.74, 6) is -1.83. The monoisotopic (exact) mass is 349 g/mol. The van der Waals surface area contributed by atoms with E-state index >= 15 is 0 Å². The molecular weight excluding hydrogens is 342 g/mol. The van der Waals surface area contributed by atoms with E-state index in [1.54, 1.807) is 5.32 Å². The van der Waals surface area contributed by atoms with Gasteiger partial charge in [-0.05, 0) is 25.1 Å². The molecule has 1 amide bonds. The summed E-state index contributed by atoms with van der Waals surface area (Å²) in [6, 6.07) is 2.09. The maximum Gasteiger partial charge on any atom is 0.426 e. The predicted molar refractivity (Wildman–Crippen MR) is 65.1 cm³/mol. The molecule has 0 aliphatic heterocycles. The van der Waals surface area contributed by atoms with Gasteiger partial charge in [0, 0.05) is 0 Å². The van der Waals surface area contributed by atoms with Gasteiger partial charge in [-0.25, -0.2) is 0 Å². The zero-order valence-electron chi connectivity index (χ0n) is 10.2. The third-order valence-electron chi connectivity index (χ3n) is 2.46. The number of hydrogen-bond acceptors (Lipinski definition) is 4. The third kappa shape index (κ3) is 3.83. The molecule has 0 aliphatic carbocycles. The van der Waals surface area contributed by atoms with Gasteiger partial charge in [0.1, 0.15) is 4.90 Å². The van der Waals surface area contributed by atoms with Crippen LogP contribution in [0.5, 0.6) is 0 Å². The Hall–Kier alpha value is -1.39. The molecule has 0 radical (unpaired) electrons. The number of nitrogens with one attached hydrogen (secondary N) is 1. The van der Waals surface area contributed by atoms with Crippen molar-refractivity contribution in [3.05, 3.63) is 23.2 Å². The SMILES string of the molecule is CC(O)(C(=O)Nc1ccc(S(=O)(=O)F)cc1Cl)C(F)(F)F. The number of rotatable bonds is 3. The highest BCUT2D eigenvalue weighted by molar-refractivity contribution is 7.86. The number of benzene rings is 1. The first-order valence-electron chi connectivity index (χ1n) is 5.11. The summed E-state index contributed by atoms with van der Waals surface area (Å²) in [6.07, 6.45) is -5.23. The summed E-state index contributed by atoms with van der Waals surface area (Å²) in [5.41, 5.74) is -4.10. The van der Waals surface area contributed by atoms with Gasteiger partial charge in [0.2, 0.25) is 5.60 Å². The predicted octanol–water partition coefficient (Wildman–Crippen LogP) is 2.25. The number of hydrogen-bond donors (Lipinski definition) is 2. The number of amides is 1. The van der Waals surface area contributed by atoms with Crippen LogP contribution in [0.15, 0.2) is 23.1 Å². The first-order valence-corrected chi connectivity index (χ1v) is 6.87. The van der Waals surface area contributed by atoms with Crippen molar-refractivity contribution in [2.45, 2.75) is 23.6 Å². The molecule has 0 heterocycles. The van der Waals surface area contributed by atoms with Crippen molar-refractivity contribution in [2.24, 2.45) is 0 Å². The van der Waals surface area contributed by atoms with E-state index in [0.717, 1.165) is 6.07 Å². The fourth-order valence-electron chi connectivity index (χ4n) is 1.12. The number of anilines is 1. The summed E-state index contributed by atoms with van der Waals surface area (Å²) in [7, 11) is -5.05. The molecule has 0 fully saturated rings. The van der Waals surface area contributed by atoms with E-state index < -0.39 is 43.5 Å². The summed E-state index contributed by atoms with van der Waals surface area (Å²) >= 11 is 5.54. The minimum Gasteiger partial charge on any atom is -0.373 e. The van der Waals surface area contributed by atoms with Crippen LogP contribution >= 0.6 is 11.6 Å². The second-order valence-corrected chi connectivity index (χ2v) is 5.86. The van der Waals surface area contributed by atoms with Crippen LogP contribution < -0.4 is 5.32 Å². The van der Waals surface area contributed by atoms with Crippen molar-refractivity contribution in [3.8, 4) is 0 Å². The molecule has 21 heavy (non-hydrogen) atoms. The standard InChI is InChI=1S/C10H8ClF4NO4S/c1-9(18,10(12,13)14)8(17)16-7-3-2-5(4-6(7)11)21(15,19)20/h2-4,18H,1H3,(H,16,17). The number of carbonyl (C=O) groups is 1. The quantitative estimate of drug-likeness (QED) is 0.647. The fourth-order valence-corrected chi connectivity index (χ4v) is 1.90. The first kappa shape index (κ1) is 17.7. The van der Waals surface area contributed by atoms with Crippen molar-refractivity contribution in [1.29, 1.82) is 0 Å². The molecule has 0 aliphatic rings. The maximum atomic E-state index is 12.7. The molecule has 1 atom stereocenters. The van der Waals surface area contributed by atoms with Crippen LogP contribution in [0.25, 0.3) is 0 Å². The first-order chi connectivity index (χ1) is 9.26. The average molecular weight is 350 g/mol. The van der Waals surface area contributed by atoms with Crippen LogP contribution in [-0.2, 0) is 15.0 Å². The highest BCUT2D eigenvalue weighted by Crippen LogP contribution is 2.32. The van der Waals surface area contributed by atoms with E-state index in [0.29, 0.717) is 12.1 Å². The summed E-state index contributed by atoms with van der Waals surface area (Å²) in [5, 5.41) is 10.3. The molecule has 0 spiro atoms. The molecule has 0 saturated carbocycles. The lowest BCUT2D eigenvalue weighted by atomic mass is 10.1. The van der Waals surface area contributed by atoms with Crippen LogP contribution in [0.3, 0.4) is 0 Å². The second-order valence-electron chi connectivity index (χ2n) is 4.10. The lowest BCUT2D eigenvalue weighted by molar-refractivity contribution is -0.242. The molecule has 11 heteroatoms. The maximum absolute atomic E-state index is 12.7. The van der Waals surface area contributed by atoms with Crippen molar-refractivity contribution in [2.75, 3.05) is 5.32 Å². The van der Waals surface area contributed by atoms with Crippen LogP contribution in [0, 0.1) is 0 Å². The topological polar surface area (TPSA) is 83.5 Å². The van der Waals surface area contributed by atoms with Gasteiger partial charge >= 0.3 is 16.4 Å². The van der Waals surface area contributed by atoms with Crippen molar-refractivity contribution in [3.63, 3.8) is 0 Å². The van der Waals surface area contributed by atoms with Gasteiger partial charge in [-0.15, -0.1) is 3.89 Å². The van der Waals surface area contributed by atoms with E-state index in [2.05, 4.69) is 0 Å². The molecule has 5 nitrogen and oxygen atoms in total. The molecule has 1 aromatic rings. The van der Waals surface area contributed by atoms with E-state index in [4.69, 9.17) is 16.7 Å². The molecule has 0 aromatic heterocycles. The lowest BCUT2D eigenvalue weighted by Crippen LogP contribution is -2.52. The fraction of sp³-hybridized carbons (Fsp3) is 0.300. The molecule has 2 N–H and O–H groups in total. The molecule has 0 saturated heterocycles. The van der Waals surface area contributed by atoms with Gasteiger partial charge < -0.3 is 10.4 Å². The highest BCUT2D eigenvalue weighted by Gasteiger charge is 2.55. The zero-order chi connectivity index (χ0) is 16.6. The number of alkyl halides is 3. The Morgan fingerprint density at radius 1 is 1.33 bits per heavy atom.